The quantitative estimate of drug-likeness (QED) is 0.896. The van der Waals surface area contributed by atoms with Crippen LogP contribution in [0.15, 0.2) is 22.8 Å². The summed E-state index contributed by atoms with van der Waals surface area (Å²) in [5, 5.41) is 9.88. The molecule has 0 unspecified atom stereocenters. The first-order valence-electron chi connectivity index (χ1n) is 5.60. The van der Waals surface area contributed by atoms with Gasteiger partial charge in [-0.1, -0.05) is 0 Å². The minimum atomic E-state index is -0.0806. The summed E-state index contributed by atoms with van der Waals surface area (Å²) in [6.45, 7) is 3.99. The maximum Gasteiger partial charge on any atom is 0.243 e. The van der Waals surface area contributed by atoms with E-state index in [4.69, 9.17) is 0 Å². The number of nitrogens with one attached hydrogen (secondary N) is 2. The van der Waals surface area contributed by atoms with Gasteiger partial charge in [0.1, 0.15) is 0 Å². The van der Waals surface area contributed by atoms with Crippen molar-refractivity contribution < 1.29 is 4.79 Å². The molecule has 18 heavy (non-hydrogen) atoms. The van der Waals surface area contributed by atoms with Gasteiger partial charge >= 0.3 is 0 Å². The van der Waals surface area contributed by atoms with E-state index >= 15 is 0 Å². The summed E-state index contributed by atoms with van der Waals surface area (Å²) in [6, 6.07) is 3.88. The van der Waals surface area contributed by atoms with E-state index in [0.29, 0.717) is 11.6 Å². The van der Waals surface area contributed by atoms with E-state index < -0.39 is 0 Å². The zero-order valence-corrected chi connectivity index (χ0v) is 11.7. The third-order valence-corrected chi connectivity index (χ3v) is 2.79. The molecule has 7 heteroatoms. The van der Waals surface area contributed by atoms with Crippen molar-refractivity contribution in [3.63, 3.8) is 0 Å². The Hall–Kier alpha value is -1.63. The highest BCUT2D eigenvalue weighted by atomic mass is 79.9. The zero-order chi connectivity index (χ0) is 13.1. The van der Waals surface area contributed by atoms with Crippen molar-refractivity contribution in [1.82, 2.24) is 19.9 Å². The highest BCUT2D eigenvalue weighted by Gasteiger charge is 2.08. The second-order valence-corrected chi connectivity index (χ2v) is 4.99. The summed E-state index contributed by atoms with van der Waals surface area (Å²) in [7, 11) is 0. The van der Waals surface area contributed by atoms with Gasteiger partial charge in [-0.05, 0) is 41.9 Å². The first-order chi connectivity index (χ1) is 8.56. The molecule has 0 spiro atoms. The molecule has 0 saturated carbocycles. The highest BCUT2D eigenvalue weighted by molar-refractivity contribution is 9.10. The van der Waals surface area contributed by atoms with Crippen LogP contribution in [0.25, 0.3) is 5.65 Å². The van der Waals surface area contributed by atoms with E-state index in [1.807, 2.05) is 26.0 Å². The van der Waals surface area contributed by atoms with Crippen molar-refractivity contribution in [2.45, 2.75) is 19.9 Å². The fourth-order valence-electron chi connectivity index (χ4n) is 1.48. The predicted molar refractivity (Wildman–Crippen MR) is 72.5 cm³/mol. The summed E-state index contributed by atoms with van der Waals surface area (Å²) in [4.78, 5) is 15.7. The molecule has 2 heterocycles. The van der Waals surface area contributed by atoms with Crippen molar-refractivity contribution in [2.75, 3.05) is 11.9 Å². The normalized spacial score (nSPS) is 10.9. The number of hydrogen-bond donors (Lipinski definition) is 2. The monoisotopic (exact) mass is 311 g/mol. The Labute approximate surface area is 113 Å². The molecule has 0 aliphatic rings. The number of anilines is 1. The second-order valence-electron chi connectivity index (χ2n) is 4.14. The number of amides is 1. The smallest absolute Gasteiger partial charge is 0.243 e. The highest BCUT2D eigenvalue weighted by Crippen LogP contribution is 2.16. The van der Waals surface area contributed by atoms with E-state index in [0.717, 1.165) is 4.47 Å². The standard InChI is InChI=1S/C11H14BrN5O/c1-7(2)14-9(18)6-13-11-15-10-8(12)4-3-5-17(10)16-11/h3-5,7H,6H2,1-2H3,(H,13,16)(H,14,18). The average Bonchev–Trinajstić information content (AvgIpc) is 2.70. The number of fused-ring (bicyclic) bond motifs is 1. The molecule has 2 aromatic heterocycles. The predicted octanol–water partition coefficient (Wildman–Crippen LogP) is 1.43. The van der Waals surface area contributed by atoms with E-state index in [1.165, 1.54) is 0 Å². The van der Waals surface area contributed by atoms with E-state index in [2.05, 4.69) is 36.6 Å². The summed E-state index contributed by atoms with van der Waals surface area (Å²) < 4.78 is 2.50. The van der Waals surface area contributed by atoms with Crippen LogP contribution in [-0.2, 0) is 4.79 Å². The number of carbonyl (C=O) groups excluding carboxylic acids is 1. The lowest BCUT2D eigenvalue weighted by molar-refractivity contribution is -0.119. The summed E-state index contributed by atoms with van der Waals surface area (Å²) >= 11 is 3.39. The van der Waals surface area contributed by atoms with Gasteiger partial charge in [0.15, 0.2) is 5.65 Å². The van der Waals surface area contributed by atoms with Crippen LogP contribution in [0.5, 0.6) is 0 Å². The van der Waals surface area contributed by atoms with Gasteiger partial charge in [0.25, 0.3) is 0 Å². The molecule has 2 aromatic rings. The van der Waals surface area contributed by atoms with Crippen LogP contribution < -0.4 is 10.6 Å². The largest absolute Gasteiger partial charge is 0.352 e. The molecule has 0 atom stereocenters. The Bertz CT molecular complexity index is 566. The van der Waals surface area contributed by atoms with Crippen LogP contribution in [0.2, 0.25) is 0 Å². The van der Waals surface area contributed by atoms with Crippen LogP contribution in [0, 0.1) is 0 Å². The van der Waals surface area contributed by atoms with Crippen LogP contribution in [0.1, 0.15) is 13.8 Å². The lowest BCUT2D eigenvalue weighted by atomic mass is 10.4. The third-order valence-electron chi connectivity index (χ3n) is 2.17. The van der Waals surface area contributed by atoms with Gasteiger partial charge in [0, 0.05) is 12.2 Å². The van der Waals surface area contributed by atoms with Gasteiger partial charge in [-0.3, -0.25) is 4.79 Å². The van der Waals surface area contributed by atoms with Crippen LogP contribution >= 0.6 is 15.9 Å². The fraction of sp³-hybridized carbons (Fsp3) is 0.364. The SMILES string of the molecule is CC(C)NC(=O)CNc1nc2c(Br)cccn2n1. The third kappa shape index (κ3) is 2.98. The Morgan fingerprint density at radius 3 is 3.00 bits per heavy atom. The Kier molecular flexibility index (Phi) is 3.81. The van der Waals surface area contributed by atoms with Gasteiger partial charge in [-0.25, -0.2) is 4.52 Å². The van der Waals surface area contributed by atoms with Crippen LogP contribution in [0.3, 0.4) is 0 Å². The lowest BCUT2D eigenvalue weighted by Gasteiger charge is -2.07. The molecule has 0 bridgehead atoms. The fourth-order valence-corrected chi connectivity index (χ4v) is 1.90. The molecular formula is C11H14BrN5O. The summed E-state index contributed by atoms with van der Waals surface area (Å²) in [6.07, 6.45) is 1.80. The first kappa shape index (κ1) is 12.8. The molecule has 0 aliphatic heterocycles. The Balaban J connectivity index is 2.04. The number of halogens is 1. The maximum atomic E-state index is 11.5. The average molecular weight is 312 g/mol. The van der Waals surface area contributed by atoms with Crippen molar-refractivity contribution >= 4 is 33.4 Å². The van der Waals surface area contributed by atoms with Gasteiger partial charge in [0.05, 0.1) is 11.0 Å². The minimum absolute atomic E-state index is 0.0806. The van der Waals surface area contributed by atoms with Gasteiger partial charge in [-0.2, -0.15) is 4.98 Å². The minimum Gasteiger partial charge on any atom is -0.352 e. The second kappa shape index (κ2) is 5.34. The van der Waals surface area contributed by atoms with Crippen molar-refractivity contribution in [3.8, 4) is 0 Å². The van der Waals surface area contributed by atoms with Crippen LogP contribution in [0.4, 0.5) is 5.95 Å². The van der Waals surface area contributed by atoms with Gasteiger partial charge in [0.2, 0.25) is 11.9 Å². The van der Waals surface area contributed by atoms with Crippen molar-refractivity contribution in [2.24, 2.45) is 0 Å². The molecule has 0 saturated heterocycles. The zero-order valence-electron chi connectivity index (χ0n) is 10.1. The molecule has 6 nitrogen and oxygen atoms in total. The van der Waals surface area contributed by atoms with Crippen LogP contribution in [-0.4, -0.2) is 33.1 Å². The topological polar surface area (TPSA) is 71.3 Å². The lowest BCUT2D eigenvalue weighted by Crippen LogP contribution is -2.35. The first-order valence-corrected chi connectivity index (χ1v) is 6.39. The Morgan fingerprint density at radius 2 is 2.33 bits per heavy atom. The van der Waals surface area contributed by atoms with Crippen molar-refractivity contribution in [1.29, 1.82) is 0 Å². The molecule has 2 rings (SSSR count). The number of rotatable bonds is 4. The van der Waals surface area contributed by atoms with E-state index in [-0.39, 0.29) is 18.5 Å². The molecule has 0 radical (unpaired) electrons. The van der Waals surface area contributed by atoms with E-state index in [9.17, 15) is 4.79 Å². The molecule has 0 aliphatic carbocycles. The molecule has 1 amide bonds. The number of nitrogens with zero attached hydrogens (tertiary/aromatic N) is 3. The van der Waals surface area contributed by atoms with E-state index in [1.54, 1.807) is 10.7 Å². The molecule has 0 aromatic carbocycles. The summed E-state index contributed by atoms with van der Waals surface area (Å²) in [5.74, 6) is 0.351. The molecule has 2 N–H and O–H groups in total. The molecular weight excluding hydrogens is 298 g/mol. The van der Waals surface area contributed by atoms with Crippen molar-refractivity contribution in [3.05, 3.63) is 22.8 Å². The van der Waals surface area contributed by atoms with Gasteiger partial charge in [-0.15, -0.1) is 5.10 Å². The number of aromatic nitrogens is 3. The van der Waals surface area contributed by atoms with Gasteiger partial charge < -0.3 is 10.6 Å². The number of carbonyl (C=O) groups is 1. The number of pyridine rings is 1. The molecule has 96 valence electrons. The Morgan fingerprint density at radius 1 is 1.56 bits per heavy atom. The summed E-state index contributed by atoms with van der Waals surface area (Å²) in [5.41, 5.74) is 0.712. The maximum absolute atomic E-state index is 11.5. The molecule has 0 fully saturated rings. The number of hydrogen-bond acceptors (Lipinski definition) is 4.